The lowest BCUT2D eigenvalue weighted by Crippen LogP contribution is -2.54. The molecule has 0 N–H and O–H groups in total. The summed E-state index contributed by atoms with van der Waals surface area (Å²) in [6, 6.07) is 0.185. The molecule has 2 heterocycles. The zero-order valence-electron chi connectivity index (χ0n) is 25.8. The van der Waals surface area contributed by atoms with Crippen molar-refractivity contribution < 1.29 is 4.79 Å². The molecule has 2 rings (SSSR count). The third-order valence-electron chi connectivity index (χ3n) is 7.09. The highest BCUT2D eigenvalue weighted by molar-refractivity contribution is 6.41. The molecule has 2 atom stereocenters. The molecular formula is C33H53Cl2N3O. The Labute approximate surface area is 249 Å². The highest BCUT2D eigenvalue weighted by Crippen LogP contribution is 2.39. The number of carbonyl (C=O) groups excluding carboxylic acids is 1. The molecule has 1 spiro atoms. The van der Waals surface area contributed by atoms with Crippen molar-refractivity contribution in [3.05, 3.63) is 59.7 Å². The van der Waals surface area contributed by atoms with Crippen molar-refractivity contribution in [3.63, 3.8) is 0 Å². The minimum atomic E-state index is -0.461. The standard InChI is InChI=1S/C28H45Cl2N3O.C5H8/c1-9-21(29)19-22(30)11-12-24-25(34)33(23(10-2)13-14-26(3,4)5)28(31-24)16-18-32(20-28)17-15-27(6,7)8;1-3-5-4-2/h9,11,19,23H,1,10,12-18,20H2,2-8H3;3-5H,1H2,2H3/b21-19+,22-11+;5-4-. The molecule has 2 aliphatic heterocycles. The Hall–Kier alpha value is -1.62. The molecule has 4 nitrogen and oxygen atoms in total. The Balaban J connectivity index is 0.00000139. The second-order valence-electron chi connectivity index (χ2n) is 13.0. The molecule has 0 saturated carbocycles. The lowest BCUT2D eigenvalue weighted by atomic mass is 9.87. The SMILES string of the molecule is C=C/C(Cl)=C\C(Cl)=C/CC1=NC2(CCN(CCC(C)(C)C)C2)N(C(CC)CCC(C)(C)C)C1=O.C=C/C=C\C. The third kappa shape index (κ3) is 12.2. The molecule has 2 unspecified atom stereocenters. The maximum Gasteiger partial charge on any atom is 0.270 e. The highest BCUT2D eigenvalue weighted by Gasteiger charge is 2.52. The van der Waals surface area contributed by atoms with Crippen LogP contribution in [0.2, 0.25) is 0 Å². The van der Waals surface area contributed by atoms with Gasteiger partial charge in [-0.3, -0.25) is 14.7 Å². The normalized spacial score (nSPS) is 21.8. The second-order valence-corrected chi connectivity index (χ2v) is 13.9. The number of nitrogens with zero attached hydrogens (tertiary/aromatic N) is 3. The monoisotopic (exact) mass is 577 g/mol. The van der Waals surface area contributed by atoms with E-state index in [1.54, 1.807) is 18.2 Å². The lowest BCUT2D eigenvalue weighted by Gasteiger charge is -2.40. The van der Waals surface area contributed by atoms with Gasteiger partial charge in [-0.05, 0) is 56.1 Å². The minimum Gasteiger partial charge on any atom is -0.309 e. The number of amides is 1. The van der Waals surface area contributed by atoms with Crippen LogP contribution in [0.5, 0.6) is 0 Å². The zero-order chi connectivity index (χ0) is 29.9. The molecule has 1 amide bonds. The van der Waals surface area contributed by atoms with Crippen molar-refractivity contribution >= 4 is 34.8 Å². The molecule has 2 aliphatic rings. The molecule has 0 radical (unpaired) electrons. The van der Waals surface area contributed by atoms with E-state index in [2.05, 4.69) is 71.4 Å². The van der Waals surface area contributed by atoms with Crippen LogP contribution in [0, 0.1) is 10.8 Å². The molecule has 0 aliphatic carbocycles. The highest BCUT2D eigenvalue weighted by atomic mass is 35.5. The van der Waals surface area contributed by atoms with Gasteiger partial charge in [0.2, 0.25) is 0 Å². The molecular weight excluding hydrogens is 525 g/mol. The van der Waals surface area contributed by atoms with E-state index in [0.29, 0.717) is 22.2 Å². The van der Waals surface area contributed by atoms with E-state index in [1.165, 1.54) is 0 Å². The van der Waals surface area contributed by atoms with E-state index in [0.717, 1.165) is 51.7 Å². The van der Waals surface area contributed by atoms with Crippen LogP contribution in [0.3, 0.4) is 0 Å². The largest absolute Gasteiger partial charge is 0.309 e. The predicted octanol–water partition coefficient (Wildman–Crippen LogP) is 9.28. The smallest absolute Gasteiger partial charge is 0.270 e. The summed E-state index contributed by atoms with van der Waals surface area (Å²) in [5.74, 6) is 0.0675. The van der Waals surface area contributed by atoms with E-state index < -0.39 is 5.66 Å². The van der Waals surface area contributed by atoms with Gasteiger partial charge < -0.3 is 4.90 Å². The van der Waals surface area contributed by atoms with E-state index in [4.69, 9.17) is 28.2 Å². The van der Waals surface area contributed by atoms with E-state index in [-0.39, 0.29) is 22.8 Å². The average Bonchev–Trinajstić information content (AvgIpc) is 3.37. The summed E-state index contributed by atoms with van der Waals surface area (Å²) in [5.41, 5.74) is 0.662. The van der Waals surface area contributed by atoms with Gasteiger partial charge in [0.15, 0.2) is 0 Å². The minimum absolute atomic E-state index is 0.0675. The molecule has 39 heavy (non-hydrogen) atoms. The molecule has 220 valence electrons. The fourth-order valence-electron chi connectivity index (χ4n) is 4.84. The summed E-state index contributed by atoms with van der Waals surface area (Å²) >= 11 is 12.4. The number of halogens is 2. The molecule has 0 aromatic carbocycles. The predicted molar refractivity (Wildman–Crippen MR) is 173 cm³/mol. The maximum absolute atomic E-state index is 13.8. The quantitative estimate of drug-likeness (QED) is 0.229. The van der Waals surface area contributed by atoms with Gasteiger partial charge in [0.05, 0.1) is 0 Å². The van der Waals surface area contributed by atoms with Crippen molar-refractivity contribution in [1.29, 1.82) is 0 Å². The summed E-state index contributed by atoms with van der Waals surface area (Å²) in [6.45, 7) is 27.7. The summed E-state index contributed by atoms with van der Waals surface area (Å²) < 4.78 is 0. The van der Waals surface area contributed by atoms with Gasteiger partial charge in [-0.1, -0.05) is 115 Å². The molecule has 1 saturated heterocycles. The van der Waals surface area contributed by atoms with Gasteiger partial charge in [-0.2, -0.15) is 0 Å². The third-order valence-corrected chi connectivity index (χ3v) is 7.62. The van der Waals surface area contributed by atoms with Crippen LogP contribution in [0.1, 0.15) is 93.9 Å². The van der Waals surface area contributed by atoms with E-state index in [9.17, 15) is 4.79 Å². The molecule has 1 fully saturated rings. The van der Waals surface area contributed by atoms with Gasteiger partial charge in [-0.15, -0.1) is 0 Å². The van der Waals surface area contributed by atoms with E-state index >= 15 is 0 Å². The van der Waals surface area contributed by atoms with Gasteiger partial charge in [0, 0.05) is 42.0 Å². The number of hydrogen-bond donors (Lipinski definition) is 0. The summed E-state index contributed by atoms with van der Waals surface area (Å²) in [4.78, 5) is 23.5. The molecule has 0 aromatic rings. The lowest BCUT2D eigenvalue weighted by molar-refractivity contribution is -0.131. The van der Waals surface area contributed by atoms with Crippen LogP contribution < -0.4 is 0 Å². The first-order chi connectivity index (χ1) is 18.1. The Kier molecular flexibility index (Phi) is 14.5. The summed E-state index contributed by atoms with van der Waals surface area (Å²) in [5, 5.41) is 0.962. The Bertz CT molecular complexity index is 949. The molecule has 0 aromatic heterocycles. The first-order valence-electron chi connectivity index (χ1n) is 14.3. The van der Waals surface area contributed by atoms with Crippen molar-refractivity contribution in [2.45, 2.75) is 106 Å². The number of rotatable bonds is 11. The van der Waals surface area contributed by atoms with Crippen LogP contribution in [-0.4, -0.2) is 52.8 Å². The summed E-state index contributed by atoms with van der Waals surface area (Å²) in [6.07, 6.45) is 16.0. The Morgan fingerprint density at radius 3 is 2.23 bits per heavy atom. The van der Waals surface area contributed by atoms with Gasteiger partial charge in [-0.25, -0.2) is 0 Å². The van der Waals surface area contributed by atoms with Crippen molar-refractivity contribution in [1.82, 2.24) is 9.80 Å². The van der Waals surface area contributed by atoms with Crippen molar-refractivity contribution in [2.75, 3.05) is 19.6 Å². The maximum atomic E-state index is 13.8. The zero-order valence-corrected chi connectivity index (χ0v) is 27.3. The topological polar surface area (TPSA) is 35.9 Å². The number of allylic oxidation sites excluding steroid dienone is 8. The van der Waals surface area contributed by atoms with Crippen LogP contribution >= 0.6 is 23.2 Å². The molecule has 0 bridgehead atoms. The van der Waals surface area contributed by atoms with Crippen LogP contribution in [-0.2, 0) is 4.79 Å². The number of aliphatic imine (C=N–C) groups is 1. The average molecular weight is 579 g/mol. The Morgan fingerprint density at radius 1 is 1.10 bits per heavy atom. The van der Waals surface area contributed by atoms with Gasteiger partial charge >= 0.3 is 0 Å². The Morgan fingerprint density at radius 2 is 1.74 bits per heavy atom. The first-order valence-corrected chi connectivity index (χ1v) is 15.1. The first kappa shape index (κ1) is 35.4. The summed E-state index contributed by atoms with van der Waals surface area (Å²) in [7, 11) is 0. The number of hydrogen-bond acceptors (Lipinski definition) is 3. The number of likely N-dealkylation sites (tertiary alicyclic amines) is 1. The van der Waals surface area contributed by atoms with Crippen LogP contribution in [0.15, 0.2) is 64.7 Å². The van der Waals surface area contributed by atoms with Crippen LogP contribution in [0.4, 0.5) is 0 Å². The van der Waals surface area contributed by atoms with Crippen LogP contribution in [0.25, 0.3) is 0 Å². The van der Waals surface area contributed by atoms with Crippen molar-refractivity contribution in [3.8, 4) is 0 Å². The van der Waals surface area contributed by atoms with Gasteiger partial charge in [0.25, 0.3) is 5.91 Å². The second kappa shape index (κ2) is 16.0. The van der Waals surface area contributed by atoms with Crippen molar-refractivity contribution in [2.24, 2.45) is 15.8 Å². The fraction of sp³-hybridized carbons (Fsp3) is 0.636. The fourth-order valence-corrected chi connectivity index (χ4v) is 5.21. The molecule has 6 heteroatoms. The van der Waals surface area contributed by atoms with Gasteiger partial charge in [0.1, 0.15) is 11.4 Å². The van der Waals surface area contributed by atoms with E-state index in [1.807, 2.05) is 25.2 Å². The number of carbonyl (C=O) groups is 1.